The van der Waals surface area contributed by atoms with E-state index in [9.17, 15) is 0 Å². The predicted octanol–water partition coefficient (Wildman–Crippen LogP) is 3.81. The third-order valence-corrected chi connectivity index (χ3v) is 3.50. The standard InChI is InChI=1S/C18H20N2O/c1-3-17(20-2)16-9-4-5-10-18(16)21-13-15-8-6-7-14(11-15)12-19/h4-11,17,20H,3,13H2,1-2H3. The number of rotatable bonds is 6. The number of nitrogens with one attached hydrogen (secondary N) is 1. The van der Waals surface area contributed by atoms with E-state index in [2.05, 4.69) is 24.4 Å². The van der Waals surface area contributed by atoms with Crippen molar-refractivity contribution in [1.29, 1.82) is 5.26 Å². The van der Waals surface area contributed by atoms with E-state index >= 15 is 0 Å². The Morgan fingerprint density at radius 1 is 1.19 bits per heavy atom. The number of hydrogen-bond acceptors (Lipinski definition) is 3. The molecule has 21 heavy (non-hydrogen) atoms. The van der Waals surface area contributed by atoms with Gasteiger partial charge >= 0.3 is 0 Å². The highest BCUT2D eigenvalue weighted by Gasteiger charge is 2.12. The molecule has 2 aromatic rings. The Kier molecular flexibility index (Phi) is 5.36. The molecule has 2 aromatic carbocycles. The van der Waals surface area contributed by atoms with Crippen molar-refractivity contribution >= 4 is 0 Å². The van der Waals surface area contributed by atoms with Gasteiger partial charge in [0.05, 0.1) is 11.6 Å². The van der Waals surface area contributed by atoms with Crippen LogP contribution in [-0.4, -0.2) is 7.05 Å². The molecule has 0 amide bonds. The van der Waals surface area contributed by atoms with E-state index in [4.69, 9.17) is 10.00 Å². The van der Waals surface area contributed by atoms with Gasteiger partial charge in [-0.15, -0.1) is 0 Å². The third-order valence-electron chi connectivity index (χ3n) is 3.50. The highest BCUT2D eigenvalue weighted by Crippen LogP contribution is 2.27. The van der Waals surface area contributed by atoms with Gasteiger partial charge in [-0.05, 0) is 37.2 Å². The van der Waals surface area contributed by atoms with Crippen LogP contribution in [0, 0.1) is 11.3 Å². The average Bonchev–Trinajstić information content (AvgIpc) is 2.55. The molecule has 1 unspecified atom stereocenters. The quantitative estimate of drug-likeness (QED) is 0.875. The van der Waals surface area contributed by atoms with Gasteiger partial charge in [-0.3, -0.25) is 0 Å². The fourth-order valence-corrected chi connectivity index (χ4v) is 2.37. The average molecular weight is 280 g/mol. The summed E-state index contributed by atoms with van der Waals surface area (Å²) in [7, 11) is 1.96. The summed E-state index contributed by atoms with van der Waals surface area (Å²) in [6.07, 6.45) is 1.00. The maximum absolute atomic E-state index is 8.93. The number of nitriles is 1. The van der Waals surface area contributed by atoms with Gasteiger partial charge in [0.25, 0.3) is 0 Å². The Labute approximate surface area is 126 Å². The number of para-hydroxylation sites is 1. The van der Waals surface area contributed by atoms with Crippen LogP contribution in [0.5, 0.6) is 5.75 Å². The summed E-state index contributed by atoms with van der Waals surface area (Å²) in [5, 5.41) is 12.2. The molecule has 1 N–H and O–H groups in total. The van der Waals surface area contributed by atoms with Crippen molar-refractivity contribution in [2.45, 2.75) is 26.0 Å². The number of ether oxygens (including phenoxy) is 1. The topological polar surface area (TPSA) is 45.0 Å². The van der Waals surface area contributed by atoms with Crippen LogP contribution >= 0.6 is 0 Å². The Morgan fingerprint density at radius 2 is 2.00 bits per heavy atom. The molecular formula is C18H20N2O. The molecule has 0 fully saturated rings. The van der Waals surface area contributed by atoms with Gasteiger partial charge in [0.1, 0.15) is 12.4 Å². The zero-order chi connectivity index (χ0) is 15.1. The van der Waals surface area contributed by atoms with Gasteiger partial charge in [0, 0.05) is 11.6 Å². The van der Waals surface area contributed by atoms with Gasteiger partial charge in [-0.25, -0.2) is 0 Å². The maximum Gasteiger partial charge on any atom is 0.124 e. The van der Waals surface area contributed by atoms with E-state index in [0.717, 1.165) is 17.7 Å². The highest BCUT2D eigenvalue weighted by atomic mass is 16.5. The minimum absolute atomic E-state index is 0.284. The molecule has 0 bridgehead atoms. The molecule has 0 heterocycles. The summed E-state index contributed by atoms with van der Waals surface area (Å²) in [6.45, 7) is 2.61. The Balaban J connectivity index is 2.14. The van der Waals surface area contributed by atoms with E-state index < -0.39 is 0 Å². The van der Waals surface area contributed by atoms with Crippen molar-refractivity contribution in [3.8, 4) is 11.8 Å². The van der Waals surface area contributed by atoms with Crippen LogP contribution in [-0.2, 0) is 6.61 Å². The summed E-state index contributed by atoms with van der Waals surface area (Å²) in [5.74, 6) is 0.890. The Bertz CT molecular complexity index is 627. The fourth-order valence-electron chi connectivity index (χ4n) is 2.37. The van der Waals surface area contributed by atoms with Crippen molar-refractivity contribution in [3.05, 3.63) is 65.2 Å². The van der Waals surface area contributed by atoms with E-state index in [1.54, 1.807) is 6.07 Å². The van der Waals surface area contributed by atoms with Crippen molar-refractivity contribution in [2.24, 2.45) is 0 Å². The highest BCUT2D eigenvalue weighted by molar-refractivity contribution is 5.37. The van der Waals surface area contributed by atoms with Crippen LogP contribution in [0.25, 0.3) is 0 Å². The van der Waals surface area contributed by atoms with Crippen molar-refractivity contribution in [1.82, 2.24) is 5.32 Å². The molecule has 3 nitrogen and oxygen atoms in total. The van der Waals surface area contributed by atoms with Crippen LogP contribution in [0.2, 0.25) is 0 Å². The largest absolute Gasteiger partial charge is 0.489 e. The second-order valence-corrected chi connectivity index (χ2v) is 4.89. The Morgan fingerprint density at radius 3 is 2.71 bits per heavy atom. The zero-order valence-corrected chi connectivity index (χ0v) is 12.5. The lowest BCUT2D eigenvalue weighted by Gasteiger charge is -2.18. The van der Waals surface area contributed by atoms with Gasteiger partial charge in [0.15, 0.2) is 0 Å². The molecule has 0 spiro atoms. The van der Waals surface area contributed by atoms with Gasteiger partial charge in [-0.1, -0.05) is 37.3 Å². The van der Waals surface area contributed by atoms with Crippen LogP contribution in [0.1, 0.15) is 36.1 Å². The molecule has 0 radical (unpaired) electrons. The summed E-state index contributed by atoms with van der Waals surface area (Å²) in [4.78, 5) is 0. The second kappa shape index (κ2) is 7.47. The summed E-state index contributed by atoms with van der Waals surface area (Å²) < 4.78 is 5.96. The second-order valence-electron chi connectivity index (χ2n) is 4.89. The SMILES string of the molecule is CCC(NC)c1ccccc1OCc1cccc(C#N)c1. The molecule has 3 heteroatoms. The maximum atomic E-state index is 8.93. The molecule has 108 valence electrons. The Hall–Kier alpha value is -2.31. The molecule has 0 aliphatic carbocycles. The molecule has 0 aliphatic heterocycles. The molecule has 2 rings (SSSR count). The lowest BCUT2D eigenvalue weighted by molar-refractivity contribution is 0.299. The van der Waals surface area contributed by atoms with E-state index in [0.29, 0.717) is 12.2 Å². The van der Waals surface area contributed by atoms with Crippen molar-refractivity contribution in [3.63, 3.8) is 0 Å². The monoisotopic (exact) mass is 280 g/mol. The van der Waals surface area contributed by atoms with E-state index in [1.807, 2.05) is 43.4 Å². The first-order valence-corrected chi connectivity index (χ1v) is 7.16. The van der Waals surface area contributed by atoms with Gasteiger partial charge in [0.2, 0.25) is 0 Å². The number of benzene rings is 2. The van der Waals surface area contributed by atoms with Crippen LogP contribution in [0.3, 0.4) is 0 Å². The summed E-state index contributed by atoms with van der Waals surface area (Å²) >= 11 is 0. The van der Waals surface area contributed by atoms with Crippen molar-refractivity contribution < 1.29 is 4.74 Å². The smallest absolute Gasteiger partial charge is 0.124 e. The van der Waals surface area contributed by atoms with Crippen LogP contribution < -0.4 is 10.1 Å². The molecule has 1 atom stereocenters. The third kappa shape index (κ3) is 3.84. The first-order chi connectivity index (χ1) is 10.3. The zero-order valence-electron chi connectivity index (χ0n) is 12.5. The number of nitrogens with zero attached hydrogens (tertiary/aromatic N) is 1. The molecular weight excluding hydrogens is 260 g/mol. The normalized spacial score (nSPS) is 11.7. The van der Waals surface area contributed by atoms with Crippen LogP contribution in [0.4, 0.5) is 0 Å². The van der Waals surface area contributed by atoms with Gasteiger partial charge in [-0.2, -0.15) is 5.26 Å². The first-order valence-electron chi connectivity index (χ1n) is 7.16. The van der Waals surface area contributed by atoms with E-state index in [1.165, 1.54) is 5.56 Å². The minimum atomic E-state index is 0.284. The molecule has 0 aromatic heterocycles. The molecule has 0 saturated heterocycles. The van der Waals surface area contributed by atoms with Crippen molar-refractivity contribution in [2.75, 3.05) is 7.05 Å². The van der Waals surface area contributed by atoms with E-state index in [-0.39, 0.29) is 6.04 Å². The number of hydrogen-bond donors (Lipinski definition) is 1. The summed E-state index contributed by atoms with van der Waals surface area (Å²) in [6, 6.07) is 18.0. The minimum Gasteiger partial charge on any atom is -0.489 e. The molecule has 0 saturated carbocycles. The van der Waals surface area contributed by atoms with Gasteiger partial charge < -0.3 is 10.1 Å². The first kappa shape index (κ1) is 15.1. The fraction of sp³-hybridized carbons (Fsp3) is 0.278. The summed E-state index contributed by atoms with van der Waals surface area (Å²) in [5.41, 5.74) is 2.83. The lowest BCUT2D eigenvalue weighted by Crippen LogP contribution is -2.16. The predicted molar refractivity (Wildman–Crippen MR) is 84.0 cm³/mol. The van der Waals surface area contributed by atoms with Crippen LogP contribution in [0.15, 0.2) is 48.5 Å². The lowest BCUT2D eigenvalue weighted by atomic mass is 10.0. The molecule has 0 aliphatic rings.